The second-order valence-corrected chi connectivity index (χ2v) is 5.54. The summed E-state index contributed by atoms with van der Waals surface area (Å²) in [6, 6.07) is 6.24. The number of carbonyl (C=O) groups is 1. The maximum absolute atomic E-state index is 11.3. The summed E-state index contributed by atoms with van der Waals surface area (Å²) in [4.78, 5) is 11.3. The number of anilines is 1. The van der Waals surface area contributed by atoms with Gasteiger partial charge >= 0.3 is 0 Å². The van der Waals surface area contributed by atoms with Gasteiger partial charge in [-0.25, -0.2) is 0 Å². The van der Waals surface area contributed by atoms with Crippen LogP contribution in [0.3, 0.4) is 0 Å². The minimum Gasteiger partial charge on any atom is -0.326 e. The summed E-state index contributed by atoms with van der Waals surface area (Å²) < 4.78 is 0. The van der Waals surface area contributed by atoms with Gasteiger partial charge < -0.3 is 16.0 Å². The highest BCUT2D eigenvalue weighted by molar-refractivity contribution is 5.99. The smallest absolute Gasteiger partial charge is 0.228 e. The average molecular weight is 259 g/mol. The molecule has 1 atom stereocenters. The van der Waals surface area contributed by atoms with Gasteiger partial charge in [0.1, 0.15) is 0 Å². The van der Waals surface area contributed by atoms with Crippen LogP contribution >= 0.6 is 0 Å². The first kappa shape index (κ1) is 12.6. The molecule has 1 saturated heterocycles. The highest BCUT2D eigenvalue weighted by atomic mass is 16.1. The van der Waals surface area contributed by atoms with Gasteiger partial charge in [0.15, 0.2) is 0 Å². The molecule has 0 aliphatic carbocycles. The van der Waals surface area contributed by atoms with Crippen molar-refractivity contribution in [3.8, 4) is 0 Å². The van der Waals surface area contributed by atoms with Crippen molar-refractivity contribution in [2.24, 2.45) is 5.92 Å². The van der Waals surface area contributed by atoms with Crippen LogP contribution in [0.1, 0.15) is 24.0 Å². The Morgan fingerprint density at radius 2 is 2.32 bits per heavy atom. The van der Waals surface area contributed by atoms with E-state index >= 15 is 0 Å². The van der Waals surface area contributed by atoms with Crippen molar-refractivity contribution in [3.63, 3.8) is 0 Å². The van der Waals surface area contributed by atoms with Crippen LogP contribution in [0.5, 0.6) is 0 Å². The fraction of sp³-hybridized carbons (Fsp3) is 0.533. The van der Waals surface area contributed by atoms with Gasteiger partial charge in [-0.2, -0.15) is 0 Å². The number of amides is 1. The number of carbonyl (C=O) groups excluding carboxylic acids is 1. The molecule has 2 aliphatic heterocycles. The molecule has 0 aromatic heterocycles. The van der Waals surface area contributed by atoms with Crippen LogP contribution in [0.25, 0.3) is 0 Å². The van der Waals surface area contributed by atoms with Crippen molar-refractivity contribution in [2.45, 2.75) is 25.8 Å². The Bertz CT molecular complexity index is 466. The zero-order valence-corrected chi connectivity index (χ0v) is 11.2. The Labute approximate surface area is 114 Å². The Morgan fingerprint density at radius 3 is 3.16 bits per heavy atom. The highest BCUT2D eigenvalue weighted by Crippen LogP contribution is 2.23. The van der Waals surface area contributed by atoms with Gasteiger partial charge in [0.25, 0.3) is 0 Å². The van der Waals surface area contributed by atoms with Crippen LogP contribution < -0.4 is 16.0 Å². The first-order valence-electron chi connectivity index (χ1n) is 7.14. The van der Waals surface area contributed by atoms with E-state index in [0.29, 0.717) is 6.42 Å². The van der Waals surface area contributed by atoms with Gasteiger partial charge in [0.2, 0.25) is 5.91 Å². The van der Waals surface area contributed by atoms with Crippen LogP contribution in [0.2, 0.25) is 0 Å². The minimum absolute atomic E-state index is 0.105. The molecule has 1 fully saturated rings. The number of hydrogen-bond donors (Lipinski definition) is 3. The fourth-order valence-electron chi connectivity index (χ4n) is 2.89. The SMILES string of the molecule is O=C1Cc2cc(CNCCC3CCNC3)ccc2N1. The van der Waals surface area contributed by atoms with Crippen molar-refractivity contribution < 1.29 is 4.79 Å². The minimum atomic E-state index is 0.105. The predicted molar refractivity (Wildman–Crippen MR) is 76.1 cm³/mol. The molecule has 102 valence electrons. The molecule has 1 amide bonds. The summed E-state index contributed by atoms with van der Waals surface area (Å²) in [6.45, 7) is 4.31. The van der Waals surface area contributed by atoms with Gasteiger partial charge in [0.05, 0.1) is 6.42 Å². The van der Waals surface area contributed by atoms with Crippen LogP contribution in [0, 0.1) is 5.92 Å². The van der Waals surface area contributed by atoms with E-state index in [4.69, 9.17) is 0 Å². The Balaban J connectivity index is 1.45. The van der Waals surface area contributed by atoms with Crippen molar-refractivity contribution in [3.05, 3.63) is 29.3 Å². The van der Waals surface area contributed by atoms with Crippen molar-refractivity contribution >= 4 is 11.6 Å². The molecular formula is C15H21N3O. The predicted octanol–water partition coefficient (Wildman–Crippen LogP) is 1.27. The lowest BCUT2D eigenvalue weighted by Gasteiger charge is -2.10. The summed E-state index contributed by atoms with van der Waals surface area (Å²) in [5, 5.41) is 9.76. The molecule has 1 unspecified atom stereocenters. The zero-order chi connectivity index (χ0) is 13.1. The summed E-state index contributed by atoms with van der Waals surface area (Å²) in [7, 11) is 0. The molecule has 3 N–H and O–H groups in total. The van der Waals surface area contributed by atoms with Crippen molar-refractivity contribution in [1.29, 1.82) is 0 Å². The van der Waals surface area contributed by atoms with E-state index in [0.717, 1.165) is 30.3 Å². The number of hydrogen-bond acceptors (Lipinski definition) is 3. The zero-order valence-electron chi connectivity index (χ0n) is 11.2. The highest BCUT2D eigenvalue weighted by Gasteiger charge is 2.17. The van der Waals surface area contributed by atoms with Crippen LogP contribution in [0.4, 0.5) is 5.69 Å². The second kappa shape index (κ2) is 5.72. The third-order valence-electron chi connectivity index (χ3n) is 4.02. The third-order valence-corrected chi connectivity index (χ3v) is 4.02. The maximum Gasteiger partial charge on any atom is 0.228 e. The molecule has 0 saturated carbocycles. The number of rotatable bonds is 5. The fourth-order valence-corrected chi connectivity index (χ4v) is 2.89. The lowest BCUT2D eigenvalue weighted by molar-refractivity contribution is -0.115. The molecule has 4 heteroatoms. The Hall–Kier alpha value is -1.39. The average Bonchev–Trinajstić information content (AvgIpc) is 3.02. The lowest BCUT2D eigenvalue weighted by atomic mass is 10.0. The van der Waals surface area contributed by atoms with Gasteiger partial charge in [-0.05, 0) is 55.6 Å². The van der Waals surface area contributed by atoms with E-state index in [2.05, 4.69) is 28.1 Å². The molecule has 2 aliphatic rings. The van der Waals surface area contributed by atoms with E-state index in [-0.39, 0.29) is 5.91 Å². The van der Waals surface area contributed by atoms with E-state index in [1.807, 2.05) is 6.07 Å². The standard InChI is InChI=1S/C15H21N3O/c19-15-8-13-7-12(1-2-14(13)18-15)10-17-6-4-11-3-5-16-9-11/h1-2,7,11,16-17H,3-6,8-10H2,(H,18,19). The molecule has 19 heavy (non-hydrogen) atoms. The third kappa shape index (κ3) is 3.14. The van der Waals surface area contributed by atoms with Gasteiger partial charge in [-0.1, -0.05) is 12.1 Å². The van der Waals surface area contributed by atoms with E-state index in [1.165, 1.54) is 31.5 Å². The largest absolute Gasteiger partial charge is 0.326 e. The number of nitrogens with one attached hydrogen (secondary N) is 3. The van der Waals surface area contributed by atoms with Crippen LogP contribution in [-0.2, 0) is 17.8 Å². The lowest BCUT2D eigenvalue weighted by Crippen LogP contribution is -2.19. The van der Waals surface area contributed by atoms with E-state index in [1.54, 1.807) is 0 Å². The van der Waals surface area contributed by atoms with Gasteiger partial charge in [0, 0.05) is 12.2 Å². The Morgan fingerprint density at radius 1 is 1.37 bits per heavy atom. The van der Waals surface area contributed by atoms with E-state index in [9.17, 15) is 4.79 Å². The number of fused-ring (bicyclic) bond motifs is 1. The summed E-state index contributed by atoms with van der Waals surface area (Å²) >= 11 is 0. The molecule has 2 heterocycles. The quantitative estimate of drug-likeness (QED) is 0.698. The van der Waals surface area contributed by atoms with Crippen molar-refractivity contribution in [2.75, 3.05) is 25.0 Å². The Kier molecular flexibility index (Phi) is 3.80. The molecule has 1 aromatic rings. The second-order valence-electron chi connectivity index (χ2n) is 5.54. The first-order valence-corrected chi connectivity index (χ1v) is 7.14. The van der Waals surface area contributed by atoms with Crippen LogP contribution in [0.15, 0.2) is 18.2 Å². The first-order chi connectivity index (χ1) is 9.31. The molecule has 0 radical (unpaired) electrons. The monoisotopic (exact) mass is 259 g/mol. The molecule has 1 aromatic carbocycles. The topological polar surface area (TPSA) is 53.2 Å². The summed E-state index contributed by atoms with van der Waals surface area (Å²) in [5.74, 6) is 0.947. The van der Waals surface area contributed by atoms with E-state index < -0.39 is 0 Å². The molecule has 3 rings (SSSR count). The summed E-state index contributed by atoms with van der Waals surface area (Å²) in [5.41, 5.74) is 3.37. The molecule has 0 spiro atoms. The normalized spacial score (nSPS) is 21.5. The summed E-state index contributed by atoms with van der Waals surface area (Å²) in [6.07, 6.45) is 3.09. The maximum atomic E-state index is 11.3. The van der Waals surface area contributed by atoms with Gasteiger partial charge in [-0.3, -0.25) is 4.79 Å². The number of benzene rings is 1. The van der Waals surface area contributed by atoms with Gasteiger partial charge in [-0.15, -0.1) is 0 Å². The van der Waals surface area contributed by atoms with Crippen LogP contribution in [-0.4, -0.2) is 25.5 Å². The molecule has 4 nitrogen and oxygen atoms in total. The van der Waals surface area contributed by atoms with Crippen molar-refractivity contribution in [1.82, 2.24) is 10.6 Å². The molecule has 0 bridgehead atoms. The molecular weight excluding hydrogens is 238 g/mol.